The molecule has 0 radical (unpaired) electrons. The Hall–Kier alpha value is -1.73. The van der Waals surface area contributed by atoms with Gasteiger partial charge in [-0.2, -0.15) is 0 Å². The van der Waals surface area contributed by atoms with E-state index in [1.807, 2.05) is 0 Å². The van der Waals surface area contributed by atoms with Gasteiger partial charge in [0.25, 0.3) is 0 Å². The highest BCUT2D eigenvalue weighted by molar-refractivity contribution is 7.11. The van der Waals surface area contributed by atoms with E-state index in [4.69, 9.17) is 4.12 Å². The smallest absolute Gasteiger partial charge is 0.159 e. The van der Waals surface area contributed by atoms with Gasteiger partial charge in [0, 0.05) is 0 Å². The van der Waals surface area contributed by atoms with Crippen molar-refractivity contribution in [3.8, 4) is 0 Å². The number of rotatable bonds is 7. The lowest BCUT2D eigenvalue weighted by atomic mass is 10.3. The van der Waals surface area contributed by atoms with E-state index in [2.05, 4.69) is 97.5 Å². The van der Waals surface area contributed by atoms with Gasteiger partial charge in [0.05, 0.1) is 0 Å². The third-order valence-electron chi connectivity index (χ3n) is 5.13. The summed E-state index contributed by atoms with van der Waals surface area (Å²) in [5, 5.41) is 4.51. The van der Waals surface area contributed by atoms with Crippen LogP contribution in [0.5, 0.6) is 0 Å². The molecule has 3 aromatic carbocycles. The van der Waals surface area contributed by atoms with Gasteiger partial charge in [0.1, 0.15) is 18.6 Å². The molecule has 0 N–H and O–H groups in total. The van der Waals surface area contributed by atoms with Gasteiger partial charge in [0.2, 0.25) is 0 Å². The average Bonchev–Trinajstić information content (AvgIpc) is 2.71. The van der Waals surface area contributed by atoms with Crippen LogP contribution < -0.4 is 15.6 Å². The molecule has 1 unspecified atom stereocenters. The standard InChI is InChI=1S/C21H26OSi3/c1-24(22-23)17-18-25(19-11-5-2-6-12-19,20-13-7-3-8-14-20)21-15-9-4-10-16-21/h2-16,24H,17-18H2,1,23H3. The van der Waals surface area contributed by atoms with Crippen molar-refractivity contribution in [3.05, 3.63) is 91.0 Å². The molecule has 1 nitrogen and oxygen atoms in total. The summed E-state index contributed by atoms with van der Waals surface area (Å²) in [4.78, 5) is 0. The second kappa shape index (κ2) is 8.58. The van der Waals surface area contributed by atoms with Crippen LogP contribution in [-0.4, -0.2) is 27.6 Å². The Kier molecular flexibility index (Phi) is 6.20. The van der Waals surface area contributed by atoms with Crippen molar-refractivity contribution in [3.63, 3.8) is 0 Å². The van der Waals surface area contributed by atoms with E-state index in [-0.39, 0.29) is 0 Å². The Morgan fingerprint density at radius 1 is 0.720 bits per heavy atom. The molecule has 3 aromatic rings. The number of benzene rings is 3. The van der Waals surface area contributed by atoms with Crippen LogP contribution in [0.15, 0.2) is 91.0 Å². The first-order valence-corrected chi connectivity index (χ1v) is 14.4. The third-order valence-corrected chi connectivity index (χ3v) is 15.0. The molecule has 0 aliphatic heterocycles. The lowest BCUT2D eigenvalue weighted by Gasteiger charge is -2.34. The molecule has 0 saturated heterocycles. The topological polar surface area (TPSA) is 9.23 Å². The molecule has 0 aromatic heterocycles. The summed E-state index contributed by atoms with van der Waals surface area (Å²) in [6, 6.07) is 35.9. The molecule has 0 fully saturated rings. The van der Waals surface area contributed by atoms with E-state index in [1.54, 1.807) is 0 Å². The second-order valence-electron chi connectivity index (χ2n) is 6.59. The monoisotopic (exact) mass is 378 g/mol. The fourth-order valence-electron chi connectivity index (χ4n) is 3.64. The number of hydrogen-bond donors (Lipinski definition) is 0. The Morgan fingerprint density at radius 2 is 1.08 bits per heavy atom. The summed E-state index contributed by atoms with van der Waals surface area (Å²) in [5.74, 6) is 0. The minimum Gasteiger partial charge on any atom is -0.466 e. The van der Waals surface area contributed by atoms with Crippen molar-refractivity contribution in [1.82, 2.24) is 0 Å². The van der Waals surface area contributed by atoms with Gasteiger partial charge in [0.15, 0.2) is 9.04 Å². The Bertz CT molecular complexity index is 666. The van der Waals surface area contributed by atoms with E-state index in [9.17, 15) is 0 Å². The molecule has 3 rings (SSSR count). The Labute approximate surface area is 157 Å². The van der Waals surface area contributed by atoms with Crippen LogP contribution in [0.1, 0.15) is 0 Å². The van der Waals surface area contributed by atoms with E-state index in [0.29, 0.717) is 0 Å². The first-order valence-electron chi connectivity index (χ1n) is 8.97. The molecule has 1 atom stereocenters. The van der Waals surface area contributed by atoms with Crippen LogP contribution in [-0.2, 0) is 4.12 Å². The summed E-state index contributed by atoms with van der Waals surface area (Å²) in [7, 11) is -2.23. The van der Waals surface area contributed by atoms with Gasteiger partial charge in [-0.15, -0.1) is 0 Å². The van der Waals surface area contributed by atoms with Crippen molar-refractivity contribution in [2.75, 3.05) is 0 Å². The highest BCUT2D eigenvalue weighted by Gasteiger charge is 2.39. The van der Waals surface area contributed by atoms with Crippen molar-refractivity contribution in [2.24, 2.45) is 0 Å². The van der Waals surface area contributed by atoms with Crippen LogP contribution in [0.25, 0.3) is 0 Å². The molecule has 0 bridgehead atoms. The van der Waals surface area contributed by atoms with Crippen LogP contribution in [0.3, 0.4) is 0 Å². The molecule has 25 heavy (non-hydrogen) atoms. The molecule has 0 spiro atoms. The largest absolute Gasteiger partial charge is 0.466 e. The van der Waals surface area contributed by atoms with E-state index >= 15 is 0 Å². The van der Waals surface area contributed by atoms with Crippen molar-refractivity contribution in [2.45, 2.75) is 18.6 Å². The highest BCUT2D eigenvalue weighted by atomic mass is 28.3. The molecule has 0 aliphatic rings. The van der Waals surface area contributed by atoms with Crippen LogP contribution in [0.4, 0.5) is 0 Å². The molecule has 0 saturated carbocycles. The molecule has 0 aliphatic carbocycles. The fourth-order valence-corrected chi connectivity index (χ4v) is 12.1. The van der Waals surface area contributed by atoms with E-state index in [0.717, 1.165) is 10.5 Å². The summed E-state index contributed by atoms with van der Waals surface area (Å²) in [6.07, 6.45) is 0. The quantitative estimate of drug-likeness (QED) is 0.450. The van der Waals surface area contributed by atoms with Crippen LogP contribution in [0, 0.1) is 0 Å². The molecule has 4 heteroatoms. The Morgan fingerprint density at radius 3 is 1.40 bits per heavy atom. The van der Waals surface area contributed by atoms with Crippen molar-refractivity contribution in [1.29, 1.82) is 0 Å². The second-order valence-corrected chi connectivity index (χ2v) is 14.7. The Balaban J connectivity index is 2.20. The molecular weight excluding hydrogens is 352 g/mol. The normalized spacial score (nSPS) is 12.8. The van der Waals surface area contributed by atoms with Gasteiger partial charge < -0.3 is 4.12 Å². The number of hydrogen-bond acceptors (Lipinski definition) is 1. The SMILES string of the molecule is C[SiH](CC[Si](c1ccccc1)(c1ccccc1)c1ccccc1)O[SiH3]. The lowest BCUT2D eigenvalue weighted by Crippen LogP contribution is -2.67. The minimum absolute atomic E-state index is 0.862. The maximum absolute atomic E-state index is 5.85. The lowest BCUT2D eigenvalue weighted by molar-refractivity contribution is 0.638. The van der Waals surface area contributed by atoms with E-state index < -0.39 is 17.1 Å². The van der Waals surface area contributed by atoms with Crippen molar-refractivity contribution >= 4 is 43.2 Å². The van der Waals surface area contributed by atoms with Gasteiger partial charge in [-0.25, -0.2) is 0 Å². The predicted molar refractivity (Wildman–Crippen MR) is 118 cm³/mol. The zero-order valence-electron chi connectivity index (χ0n) is 15.1. The summed E-state index contributed by atoms with van der Waals surface area (Å²) >= 11 is 0. The highest BCUT2D eigenvalue weighted by Crippen LogP contribution is 2.17. The van der Waals surface area contributed by atoms with Crippen LogP contribution in [0.2, 0.25) is 18.6 Å². The third kappa shape index (κ3) is 3.93. The van der Waals surface area contributed by atoms with Gasteiger partial charge in [-0.3, -0.25) is 0 Å². The van der Waals surface area contributed by atoms with Gasteiger partial charge >= 0.3 is 0 Å². The first kappa shape index (κ1) is 18.1. The van der Waals surface area contributed by atoms with Gasteiger partial charge in [-0.1, -0.05) is 91.0 Å². The summed E-state index contributed by atoms with van der Waals surface area (Å²) < 4.78 is 5.85. The molecule has 128 valence electrons. The van der Waals surface area contributed by atoms with Crippen LogP contribution >= 0.6 is 0 Å². The van der Waals surface area contributed by atoms with Gasteiger partial charge in [-0.05, 0) is 34.2 Å². The molecular formula is C21H26OSi3. The summed E-state index contributed by atoms with van der Waals surface area (Å²) in [6.45, 7) is 2.34. The minimum atomic E-state index is -2.03. The first-order chi connectivity index (χ1) is 12.3. The van der Waals surface area contributed by atoms with Crippen molar-refractivity contribution < 1.29 is 4.12 Å². The predicted octanol–water partition coefficient (Wildman–Crippen LogP) is 1.81. The maximum atomic E-state index is 5.85. The van der Waals surface area contributed by atoms with E-state index in [1.165, 1.54) is 27.6 Å². The maximum Gasteiger partial charge on any atom is 0.159 e. The average molecular weight is 379 g/mol. The molecule has 0 heterocycles. The molecule has 0 amide bonds. The zero-order chi connectivity index (χ0) is 17.5. The summed E-state index contributed by atoms with van der Waals surface area (Å²) in [5.41, 5.74) is 0. The fraction of sp³-hybridized carbons (Fsp3) is 0.143. The zero-order valence-corrected chi connectivity index (χ0v) is 19.2.